The third kappa shape index (κ3) is 5.53. The number of unbranched alkanes of at least 4 members (excludes halogenated alkanes) is 1. The van der Waals surface area contributed by atoms with E-state index in [2.05, 4.69) is 15.9 Å². The van der Waals surface area contributed by atoms with E-state index in [9.17, 15) is 0 Å². The number of rotatable bonds is 7. The molecule has 0 amide bonds. The van der Waals surface area contributed by atoms with E-state index in [1.54, 1.807) is 0 Å². The van der Waals surface area contributed by atoms with E-state index in [-0.39, 0.29) is 0 Å². The van der Waals surface area contributed by atoms with Crippen LogP contribution in [-0.2, 0) is 4.74 Å². The van der Waals surface area contributed by atoms with Gasteiger partial charge in [0.1, 0.15) is 5.75 Å². The van der Waals surface area contributed by atoms with E-state index in [0.717, 1.165) is 49.8 Å². The van der Waals surface area contributed by atoms with Gasteiger partial charge in [-0.2, -0.15) is 0 Å². The highest BCUT2D eigenvalue weighted by Gasteiger charge is 2.22. The van der Waals surface area contributed by atoms with Gasteiger partial charge >= 0.3 is 0 Å². The molecule has 0 bridgehead atoms. The molecule has 1 aliphatic carbocycles. The highest BCUT2D eigenvalue weighted by Crippen LogP contribution is 2.25. The SMILES string of the molecule is BrCCCCOC1CCC(Oc2ccccc2)CC1. The largest absolute Gasteiger partial charge is 0.490 e. The van der Waals surface area contributed by atoms with Crippen LogP contribution in [-0.4, -0.2) is 24.1 Å². The molecule has 1 aliphatic rings. The van der Waals surface area contributed by atoms with Crippen LogP contribution >= 0.6 is 15.9 Å². The molecule has 0 aromatic heterocycles. The van der Waals surface area contributed by atoms with Gasteiger partial charge < -0.3 is 9.47 Å². The molecule has 1 fully saturated rings. The zero-order valence-electron chi connectivity index (χ0n) is 11.4. The molecule has 0 atom stereocenters. The standard InChI is InChI=1S/C16H23BrO2/c17-12-4-5-13-18-14-8-10-16(11-9-14)19-15-6-2-1-3-7-15/h1-3,6-7,14,16H,4-5,8-13H2. The van der Waals surface area contributed by atoms with Crippen LogP contribution in [0, 0.1) is 0 Å². The van der Waals surface area contributed by atoms with Crippen LogP contribution in [0.4, 0.5) is 0 Å². The van der Waals surface area contributed by atoms with Crippen molar-refractivity contribution in [3.63, 3.8) is 0 Å². The molecule has 19 heavy (non-hydrogen) atoms. The molecule has 0 unspecified atom stereocenters. The predicted octanol–water partition coefficient (Wildman–Crippen LogP) is 4.57. The number of alkyl halides is 1. The van der Waals surface area contributed by atoms with Gasteiger partial charge in [0.05, 0.1) is 12.2 Å². The second kappa shape index (κ2) is 8.60. The number of halogens is 1. The highest BCUT2D eigenvalue weighted by molar-refractivity contribution is 9.09. The Kier molecular flexibility index (Phi) is 6.72. The van der Waals surface area contributed by atoms with E-state index in [1.165, 1.54) is 6.42 Å². The maximum atomic E-state index is 5.98. The Morgan fingerprint density at radius 1 is 0.947 bits per heavy atom. The second-order valence-electron chi connectivity index (χ2n) is 5.10. The minimum atomic E-state index is 0.366. The fraction of sp³-hybridized carbons (Fsp3) is 0.625. The van der Waals surface area contributed by atoms with Crippen molar-refractivity contribution in [2.45, 2.75) is 50.7 Å². The van der Waals surface area contributed by atoms with Crippen molar-refractivity contribution in [3.8, 4) is 5.75 Å². The first-order valence-electron chi connectivity index (χ1n) is 7.28. The van der Waals surface area contributed by atoms with E-state index in [4.69, 9.17) is 9.47 Å². The first-order valence-corrected chi connectivity index (χ1v) is 8.40. The van der Waals surface area contributed by atoms with Gasteiger partial charge in [-0.3, -0.25) is 0 Å². The van der Waals surface area contributed by atoms with Gasteiger partial charge in [-0.1, -0.05) is 34.1 Å². The van der Waals surface area contributed by atoms with Crippen molar-refractivity contribution < 1.29 is 9.47 Å². The number of hydrogen-bond donors (Lipinski definition) is 0. The van der Waals surface area contributed by atoms with Gasteiger partial charge in [0.25, 0.3) is 0 Å². The van der Waals surface area contributed by atoms with Crippen molar-refractivity contribution in [3.05, 3.63) is 30.3 Å². The summed E-state index contributed by atoms with van der Waals surface area (Å²) < 4.78 is 11.9. The molecule has 0 N–H and O–H groups in total. The topological polar surface area (TPSA) is 18.5 Å². The molecule has 0 heterocycles. The molecule has 0 spiro atoms. The molecule has 0 saturated heterocycles. The van der Waals surface area contributed by atoms with Crippen LogP contribution in [0.25, 0.3) is 0 Å². The summed E-state index contributed by atoms with van der Waals surface area (Å²) in [7, 11) is 0. The summed E-state index contributed by atoms with van der Waals surface area (Å²) in [6.07, 6.45) is 7.65. The lowest BCUT2D eigenvalue weighted by molar-refractivity contribution is 0.00170. The van der Waals surface area contributed by atoms with Gasteiger partial charge in [0.2, 0.25) is 0 Å². The lowest BCUT2D eigenvalue weighted by atomic mass is 9.95. The Bertz CT molecular complexity index is 334. The average molecular weight is 327 g/mol. The van der Waals surface area contributed by atoms with E-state index in [0.29, 0.717) is 12.2 Å². The molecule has 2 rings (SSSR count). The van der Waals surface area contributed by atoms with Crippen LogP contribution in [0.5, 0.6) is 5.75 Å². The van der Waals surface area contributed by atoms with E-state index < -0.39 is 0 Å². The summed E-state index contributed by atoms with van der Waals surface area (Å²) >= 11 is 3.44. The van der Waals surface area contributed by atoms with Crippen molar-refractivity contribution in [2.75, 3.05) is 11.9 Å². The number of para-hydroxylation sites is 1. The molecule has 1 saturated carbocycles. The third-order valence-corrected chi connectivity index (χ3v) is 4.11. The highest BCUT2D eigenvalue weighted by atomic mass is 79.9. The Balaban J connectivity index is 1.62. The smallest absolute Gasteiger partial charge is 0.119 e. The number of hydrogen-bond acceptors (Lipinski definition) is 2. The first kappa shape index (κ1) is 14.9. The molecule has 1 aromatic rings. The van der Waals surface area contributed by atoms with Gasteiger partial charge in [-0.15, -0.1) is 0 Å². The Morgan fingerprint density at radius 3 is 2.32 bits per heavy atom. The van der Waals surface area contributed by atoms with Crippen LogP contribution < -0.4 is 4.74 Å². The summed E-state index contributed by atoms with van der Waals surface area (Å²) in [4.78, 5) is 0. The molecule has 2 nitrogen and oxygen atoms in total. The maximum Gasteiger partial charge on any atom is 0.119 e. The zero-order valence-corrected chi connectivity index (χ0v) is 13.0. The van der Waals surface area contributed by atoms with Crippen LogP contribution in [0.3, 0.4) is 0 Å². The molecular weight excluding hydrogens is 304 g/mol. The molecule has 0 radical (unpaired) electrons. The van der Waals surface area contributed by atoms with Gasteiger partial charge in [0, 0.05) is 11.9 Å². The van der Waals surface area contributed by atoms with Gasteiger partial charge in [-0.25, -0.2) is 0 Å². The summed E-state index contributed by atoms with van der Waals surface area (Å²) in [6.45, 7) is 0.903. The fourth-order valence-electron chi connectivity index (χ4n) is 2.45. The molecule has 3 heteroatoms. The minimum absolute atomic E-state index is 0.366. The third-order valence-electron chi connectivity index (χ3n) is 3.55. The van der Waals surface area contributed by atoms with Crippen LogP contribution in [0.1, 0.15) is 38.5 Å². The second-order valence-corrected chi connectivity index (χ2v) is 5.89. The van der Waals surface area contributed by atoms with Gasteiger partial charge in [0.15, 0.2) is 0 Å². The van der Waals surface area contributed by atoms with Crippen LogP contribution in [0.15, 0.2) is 30.3 Å². The Labute approximate surface area is 124 Å². The lowest BCUT2D eigenvalue weighted by Crippen LogP contribution is -2.28. The normalized spacial score (nSPS) is 23.2. The number of benzene rings is 1. The monoisotopic (exact) mass is 326 g/mol. The summed E-state index contributed by atoms with van der Waals surface area (Å²) in [6, 6.07) is 10.1. The molecule has 106 valence electrons. The van der Waals surface area contributed by atoms with E-state index in [1.807, 2.05) is 30.3 Å². The zero-order chi connectivity index (χ0) is 13.3. The van der Waals surface area contributed by atoms with Crippen LogP contribution in [0.2, 0.25) is 0 Å². The quantitative estimate of drug-likeness (QED) is 0.539. The van der Waals surface area contributed by atoms with E-state index >= 15 is 0 Å². The fourth-order valence-corrected chi connectivity index (χ4v) is 2.85. The first-order chi connectivity index (χ1) is 9.38. The van der Waals surface area contributed by atoms with Crippen molar-refractivity contribution in [1.82, 2.24) is 0 Å². The van der Waals surface area contributed by atoms with Crippen molar-refractivity contribution in [1.29, 1.82) is 0 Å². The average Bonchev–Trinajstić information content (AvgIpc) is 2.46. The Morgan fingerprint density at radius 2 is 1.63 bits per heavy atom. The minimum Gasteiger partial charge on any atom is -0.490 e. The Hall–Kier alpha value is -0.540. The van der Waals surface area contributed by atoms with Gasteiger partial charge in [-0.05, 0) is 50.7 Å². The van der Waals surface area contributed by atoms with Crippen molar-refractivity contribution in [2.24, 2.45) is 0 Å². The molecular formula is C16H23BrO2. The maximum absolute atomic E-state index is 5.98. The number of ether oxygens (including phenoxy) is 2. The molecule has 0 aliphatic heterocycles. The molecule has 1 aromatic carbocycles. The summed E-state index contributed by atoms with van der Waals surface area (Å²) in [5, 5.41) is 1.08. The van der Waals surface area contributed by atoms with Crippen molar-refractivity contribution >= 4 is 15.9 Å². The summed E-state index contributed by atoms with van der Waals surface area (Å²) in [5.41, 5.74) is 0. The predicted molar refractivity (Wildman–Crippen MR) is 82.1 cm³/mol. The summed E-state index contributed by atoms with van der Waals surface area (Å²) in [5.74, 6) is 0.990. The lowest BCUT2D eigenvalue weighted by Gasteiger charge is -2.29.